The minimum Gasteiger partial charge on any atom is -0.348 e. The molecule has 1 aliphatic heterocycles. The number of amides is 1. The molecule has 1 aliphatic rings. The predicted molar refractivity (Wildman–Crippen MR) is 71.5 cm³/mol. The number of hydrogen-bond acceptors (Lipinski definition) is 2. The van der Waals surface area contributed by atoms with Crippen LogP contribution in [-0.2, 0) is 0 Å². The van der Waals surface area contributed by atoms with Crippen LogP contribution in [0, 0.1) is 17.6 Å². The molecule has 1 aromatic rings. The quantitative estimate of drug-likeness (QED) is 0.876. The lowest BCUT2D eigenvalue weighted by molar-refractivity contribution is 0.0906. The average Bonchev–Trinajstić information content (AvgIpc) is 2.32. The van der Waals surface area contributed by atoms with E-state index in [9.17, 15) is 13.6 Å². The second-order valence-electron chi connectivity index (χ2n) is 4.65. The van der Waals surface area contributed by atoms with E-state index in [-0.39, 0.29) is 18.4 Å². The zero-order chi connectivity index (χ0) is 13.1. The first-order chi connectivity index (χ1) is 8.59. The molecule has 19 heavy (non-hydrogen) atoms. The van der Waals surface area contributed by atoms with Crippen molar-refractivity contribution in [2.24, 2.45) is 5.92 Å². The van der Waals surface area contributed by atoms with E-state index in [1.807, 2.05) is 6.92 Å². The van der Waals surface area contributed by atoms with E-state index in [2.05, 4.69) is 10.6 Å². The smallest absolute Gasteiger partial charge is 0.257 e. The Hall–Kier alpha value is -1.20. The van der Waals surface area contributed by atoms with E-state index in [0.29, 0.717) is 12.5 Å². The Kier molecular flexibility index (Phi) is 5.69. The van der Waals surface area contributed by atoms with Crippen molar-refractivity contribution in [1.29, 1.82) is 0 Å². The van der Waals surface area contributed by atoms with E-state index in [1.54, 1.807) is 0 Å². The monoisotopic (exact) mass is 290 g/mol. The van der Waals surface area contributed by atoms with Gasteiger partial charge in [-0.05, 0) is 31.0 Å². The summed E-state index contributed by atoms with van der Waals surface area (Å²) in [5.41, 5.74) is -0.504. The normalized spacial score (nSPS) is 22.5. The molecule has 2 N–H and O–H groups in total. The molecular formula is C13H17ClF2N2O. The van der Waals surface area contributed by atoms with Gasteiger partial charge in [0.15, 0.2) is 0 Å². The van der Waals surface area contributed by atoms with Crippen molar-refractivity contribution >= 4 is 18.3 Å². The van der Waals surface area contributed by atoms with Crippen LogP contribution in [-0.4, -0.2) is 25.0 Å². The minimum absolute atomic E-state index is 0. The highest BCUT2D eigenvalue weighted by Crippen LogP contribution is 2.15. The van der Waals surface area contributed by atoms with E-state index in [1.165, 1.54) is 6.07 Å². The molecule has 6 heteroatoms. The van der Waals surface area contributed by atoms with Crippen LogP contribution in [0.5, 0.6) is 0 Å². The van der Waals surface area contributed by atoms with Crippen LogP contribution in [0.15, 0.2) is 18.2 Å². The van der Waals surface area contributed by atoms with Gasteiger partial charge in [0, 0.05) is 12.6 Å². The molecule has 1 aromatic carbocycles. The molecule has 1 heterocycles. The molecule has 2 unspecified atom stereocenters. The molecule has 0 saturated carbocycles. The van der Waals surface area contributed by atoms with Crippen LogP contribution in [0.4, 0.5) is 8.78 Å². The predicted octanol–water partition coefficient (Wildman–Crippen LogP) is 2.11. The third-order valence-electron chi connectivity index (χ3n) is 3.33. The first-order valence-corrected chi connectivity index (χ1v) is 6.05. The number of carbonyl (C=O) groups is 1. The maximum atomic E-state index is 13.4. The summed E-state index contributed by atoms with van der Waals surface area (Å²) >= 11 is 0. The van der Waals surface area contributed by atoms with Gasteiger partial charge in [-0.3, -0.25) is 4.79 Å². The summed E-state index contributed by atoms with van der Waals surface area (Å²) in [6.07, 6.45) is 0.935. The Bertz CT molecular complexity index is 436. The molecule has 1 saturated heterocycles. The second-order valence-corrected chi connectivity index (χ2v) is 4.65. The van der Waals surface area contributed by atoms with Crippen molar-refractivity contribution < 1.29 is 13.6 Å². The first-order valence-electron chi connectivity index (χ1n) is 6.05. The minimum atomic E-state index is -0.830. The number of rotatable bonds is 2. The fourth-order valence-electron chi connectivity index (χ4n) is 2.14. The standard InChI is InChI=1S/C13H16F2N2O.ClH/c1-8-5-6-16-7-11(8)17-13(18)12-9(14)3-2-4-10(12)15;/h2-4,8,11,16H,5-7H2,1H3,(H,17,18);1H. The van der Waals surface area contributed by atoms with Gasteiger partial charge in [0.2, 0.25) is 0 Å². The van der Waals surface area contributed by atoms with Gasteiger partial charge in [0.1, 0.15) is 17.2 Å². The SMILES string of the molecule is CC1CCNCC1NC(=O)c1c(F)cccc1F.Cl. The van der Waals surface area contributed by atoms with Crippen LogP contribution in [0.25, 0.3) is 0 Å². The third kappa shape index (κ3) is 3.64. The van der Waals surface area contributed by atoms with E-state index in [0.717, 1.165) is 25.1 Å². The lowest BCUT2D eigenvalue weighted by Crippen LogP contribution is -2.50. The maximum absolute atomic E-state index is 13.4. The van der Waals surface area contributed by atoms with Gasteiger partial charge in [-0.25, -0.2) is 8.78 Å². The lowest BCUT2D eigenvalue weighted by atomic mass is 9.94. The molecule has 106 valence electrons. The van der Waals surface area contributed by atoms with Crippen molar-refractivity contribution in [3.63, 3.8) is 0 Å². The molecule has 0 radical (unpaired) electrons. The lowest BCUT2D eigenvalue weighted by Gasteiger charge is -2.30. The van der Waals surface area contributed by atoms with Crippen LogP contribution in [0.3, 0.4) is 0 Å². The van der Waals surface area contributed by atoms with Gasteiger partial charge in [0.05, 0.1) is 0 Å². The molecular weight excluding hydrogens is 274 g/mol. The molecule has 0 aromatic heterocycles. The maximum Gasteiger partial charge on any atom is 0.257 e. The van der Waals surface area contributed by atoms with Crippen LogP contribution < -0.4 is 10.6 Å². The summed E-state index contributed by atoms with van der Waals surface area (Å²) < 4.78 is 26.9. The van der Waals surface area contributed by atoms with Crippen LogP contribution in [0.1, 0.15) is 23.7 Å². The molecule has 0 bridgehead atoms. The van der Waals surface area contributed by atoms with Gasteiger partial charge in [0.25, 0.3) is 5.91 Å². The Morgan fingerprint density at radius 1 is 1.37 bits per heavy atom. The molecule has 2 rings (SSSR count). The number of nitrogens with one attached hydrogen (secondary N) is 2. The van der Waals surface area contributed by atoms with Crippen LogP contribution in [0.2, 0.25) is 0 Å². The molecule has 3 nitrogen and oxygen atoms in total. The zero-order valence-electron chi connectivity index (χ0n) is 10.6. The Morgan fingerprint density at radius 2 is 2.00 bits per heavy atom. The van der Waals surface area contributed by atoms with Gasteiger partial charge < -0.3 is 10.6 Å². The fraction of sp³-hybridized carbons (Fsp3) is 0.462. The summed E-state index contributed by atoms with van der Waals surface area (Å²) in [5, 5.41) is 5.83. The largest absolute Gasteiger partial charge is 0.348 e. The number of piperidine rings is 1. The van der Waals surface area contributed by atoms with Crippen molar-refractivity contribution in [2.75, 3.05) is 13.1 Å². The van der Waals surface area contributed by atoms with Gasteiger partial charge in [-0.15, -0.1) is 12.4 Å². The summed E-state index contributed by atoms with van der Waals surface area (Å²) in [6, 6.07) is 3.32. The molecule has 0 aliphatic carbocycles. The second kappa shape index (κ2) is 6.82. The van der Waals surface area contributed by atoms with E-state index in [4.69, 9.17) is 0 Å². The number of hydrogen-bond donors (Lipinski definition) is 2. The highest BCUT2D eigenvalue weighted by molar-refractivity contribution is 5.95. The van der Waals surface area contributed by atoms with Crippen molar-refractivity contribution in [3.05, 3.63) is 35.4 Å². The van der Waals surface area contributed by atoms with Gasteiger partial charge in [-0.2, -0.15) is 0 Å². The first kappa shape index (κ1) is 15.9. The topological polar surface area (TPSA) is 41.1 Å². The Labute approximate surface area is 117 Å². The third-order valence-corrected chi connectivity index (χ3v) is 3.33. The fourth-order valence-corrected chi connectivity index (χ4v) is 2.14. The van der Waals surface area contributed by atoms with Gasteiger partial charge >= 0.3 is 0 Å². The summed E-state index contributed by atoms with van der Waals surface area (Å²) in [4.78, 5) is 11.9. The van der Waals surface area contributed by atoms with E-state index >= 15 is 0 Å². The van der Waals surface area contributed by atoms with Crippen LogP contribution >= 0.6 is 12.4 Å². The molecule has 1 amide bonds. The van der Waals surface area contributed by atoms with E-state index < -0.39 is 23.1 Å². The summed E-state index contributed by atoms with van der Waals surface area (Å²) in [6.45, 7) is 3.55. The number of halogens is 3. The highest BCUT2D eigenvalue weighted by Gasteiger charge is 2.25. The number of benzene rings is 1. The molecule has 1 fully saturated rings. The summed E-state index contributed by atoms with van der Waals surface area (Å²) in [7, 11) is 0. The zero-order valence-corrected chi connectivity index (χ0v) is 11.4. The Balaban J connectivity index is 0.00000180. The Morgan fingerprint density at radius 3 is 2.58 bits per heavy atom. The van der Waals surface area contributed by atoms with Crippen molar-refractivity contribution in [3.8, 4) is 0 Å². The van der Waals surface area contributed by atoms with Gasteiger partial charge in [-0.1, -0.05) is 13.0 Å². The molecule has 2 atom stereocenters. The van der Waals surface area contributed by atoms with Crippen molar-refractivity contribution in [2.45, 2.75) is 19.4 Å². The highest BCUT2D eigenvalue weighted by atomic mass is 35.5. The summed E-state index contributed by atoms with van der Waals surface area (Å²) in [5.74, 6) is -2.05. The molecule has 0 spiro atoms. The number of carbonyl (C=O) groups excluding carboxylic acids is 1. The van der Waals surface area contributed by atoms with Crippen molar-refractivity contribution in [1.82, 2.24) is 10.6 Å². The average molecular weight is 291 g/mol.